The van der Waals surface area contributed by atoms with Gasteiger partial charge in [-0.3, -0.25) is 19.2 Å². The zero-order valence-corrected chi connectivity index (χ0v) is 17.1. The second kappa shape index (κ2) is 11.1. The lowest BCUT2D eigenvalue weighted by atomic mass is 9.97. The maximum Gasteiger partial charge on any atom is 0.325 e. The number of imidazole rings is 1. The molecule has 7 N–H and O–H groups in total. The minimum absolute atomic E-state index is 0.227. The Balaban J connectivity index is 2.68. The Hall–Kier alpha value is -2.95. The molecule has 1 aromatic rings. The maximum absolute atomic E-state index is 12.5. The molecule has 0 aromatic carbocycles. The molecule has 0 aliphatic heterocycles. The number of nitrogens with one attached hydrogen (secondary N) is 4. The number of aliphatic carboxylic acids is 1. The molecule has 0 bridgehead atoms. The van der Waals surface area contributed by atoms with Crippen LogP contribution in [-0.4, -0.2) is 62.9 Å². The molecule has 5 atom stereocenters. The highest BCUT2D eigenvalue weighted by Gasteiger charge is 2.30. The van der Waals surface area contributed by atoms with Crippen LogP contribution in [0.15, 0.2) is 12.5 Å². The smallest absolute Gasteiger partial charge is 0.325 e. The van der Waals surface area contributed by atoms with E-state index in [1.807, 2.05) is 6.92 Å². The highest BCUT2D eigenvalue weighted by Crippen LogP contribution is 2.09. The predicted octanol–water partition coefficient (Wildman–Crippen LogP) is -1.10. The second-order valence-corrected chi connectivity index (χ2v) is 7.06. The quantitative estimate of drug-likeness (QED) is 0.268. The molecule has 1 heterocycles. The van der Waals surface area contributed by atoms with Crippen molar-refractivity contribution in [2.24, 2.45) is 11.7 Å². The third kappa shape index (κ3) is 7.53. The number of carbonyl (C=O) groups is 4. The van der Waals surface area contributed by atoms with E-state index in [2.05, 4.69) is 25.9 Å². The summed E-state index contributed by atoms with van der Waals surface area (Å²) in [7, 11) is 0. The van der Waals surface area contributed by atoms with Crippen LogP contribution in [0.2, 0.25) is 0 Å². The normalized spacial score (nSPS) is 16.0. The standard InChI is InChI=1S/C18H30N6O5/c1-5-9(2)14(17(27)23-11(4)18(28)29)24-15(25)10(3)22-16(26)13(19)6-12-7-20-8-21-12/h7-11,13-14H,5-6,19H2,1-4H3,(H,20,21)(H,22,26)(H,23,27)(H,24,25)(H,28,29). The molecular weight excluding hydrogens is 380 g/mol. The van der Waals surface area contributed by atoms with E-state index in [0.29, 0.717) is 12.1 Å². The van der Waals surface area contributed by atoms with Crippen LogP contribution in [-0.2, 0) is 25.6 Å². The van der Waals surface area contributed by atoms with Crippen molar-refractivity contribution in [2.75, 3.05) is 0 Å². The number of aromatic amines is 1. The minimum atomic E-state index is -1.18. The fraction of sp³-hybridized carbons (Fsp3) is 0.611. The van der Waals surface area contributed by atoms with Gasteiger partial charge in [0.05, 0.1) is 12.4 Å². The first-order chi connectivity index (χ1) is 13.6. The van der Waals surface area contributed by atoms with Gasteiger partial charge in [-0.15, -0.1) is 0 Å². The van der Waals surface area contributed by atoms with Crippen molar-refractivity contribution in [1.82, 2.24) is 25.9 Å². The van der Waals surface area contributed by atoms with Crippen molar-refractivity contribution in [3.63, 3.8) is 0 Å². The van der Waals surface area contributed by atoms with Crippen LogP contribution < -0.4 is 21.7 Å². The lowest BCUT2D eigenvalue weighted by Crippen LogP contribution is -2.57. The molecule has 11 nitrogen and oxygen atoms in total. The number of carbonyl (C=O) groups excluding carboxylic acids is 3. The SMILES string of the molecule is CCC(C)C(NC(=O)C(C)NC(=O)C(N)Cc1cnc[nH]1)C(=O)NC(C)C(=O)O. The van der Waals surface area contributed by atoms with Crippen molar-refractivity contribution in [2.45, 2.75) is 64.7 Å². The van der Waals surface area contributed by atoms with Gasteiger partial charge < -0.3 is 31.8 Å². The van der Waals surface area contributed by atoms with E-state index in [-0.39, 0.29) is 12.3 Å². The van der Waals surface area contributed by atoms with E-state index in [4.69, 9.17) is 10.8 Å². The third-order valence-corrected chi connectivity index (χ3v) is 4.61. The molecule has 0 fully saturated rings. The molecule has 0 aliphatic carbocycles. The number of H-pyrrole nitrogens is 1. The minimum Gasteiger partial charge on any atom is -0.480 e. The van der Waals surface area contributed by atoms with Crippen molar-refractivity contribution < 1.29 is 24.3 Å². The molecule has 1 rings (SSSR count). The van der Waals surface area contributed by atoms with Crippen molar-refractivity contribution in [3.05, 3.63) is 18.2 Å². The Labute approximate surface area is 169 Å². The monoisotopic (exact) mass is 410 g/mol. The molecule has 0 saturated carbocycles. The van der Waals surface area contributed by atoms with Gasteiger partial charge in [0.2, 0.25) is 17.7 Å². The number of aromatic nitrogens is 2. The van der Waals surface area contributed by atoms with Crippen LogP contribution in [0.4, 0.5) is 0 Å². The average Bonchev–Trinajstić information content (AvgIpc) is 3.17. The zero-order valence-electron chi connectivity index (χ0n) is 17.1. The molecule has 0 spiro atoms. The average molecular weight is 410 g/mol. The molecule has 0 aliphatic rings. The lowest BCUT2D eigenvalue weighted by molar-refractivity contribution is -0.142. The lowest BCUT2D eigenvalue weighted by Gasteiger charge is -2.26. The van der Waals surface area contributed by atoms with Gasteiger partial charge in [-0.2, -0.15) is 0 Å². The van der Waals surface area contributed by atoms with E-state index in [9.17, 15) is 19.2 Å². The first kappa shape index (κ1) is 24.1. The second-order valence-electron chi connectivity index (χ2n) is 7.06. The van der Waals surface area contributed by atoms with Crippen molar-refractivity contribution in [3.8, 4) is 0 Å². The highest BCUT2D eigenvalue weighted by molar-refractivity contribution is 5.94. The topological polar surface area (TPSA) is 179 Å². The van der Waals surface area contributed by atoms with Gasteiger partial charge in [0.15, 0.2) is 0 Å². The van der Waals surface area contributed by atoms with Gasteiger partial charge in [0, 0.05) is 18.3 Å². The number of carboxylic acids is 1. The highest BCUT2D eigenvalue weighted by atomic mass is 16.4. The van der Waals surface area contributed by atoms with Crippen molar-refractivity contribution >= 4 is 23.7 Å². The Bertz CT molecular complexity index is 708. The molecule has 0 saturated heterocycles. The summed E-state index contributed by atoms with van der Waals surface area (Å²) in [4.78, 5) is 54.8. The van der Waals surface area contributed by atoms with Crippen LogP contribution in [0.3, 0.4) is 0 Å². The van der Waals surface area contributed by atoms with Crippen LogP contribution in [0.25, 0.3) is 0 Å². The summed E-state index contributed by atoms with van der Waals surface area (Å²) in [6.07, 6.45) is 3.83. The summed E-state index contributed by atoms with van der Waals surface area (Å²) < 4.78 is 0. The van der Waals surface area contributed by atoms with Gasteiger partial charge >= 0.3 is 5.97 Å². The number of carboxylic acid groups (broad SMARTS) is 1. The predicted molar refractivity (Wildman–Crippen MR) is 104 cm³/mol. The van der Waals surface area contributed by atoms with Crippen LogP contribution >= 0.6 is 0 Å². The first-order valence-corrected chi connectivity index (χ1v) is 9.43. The Morgan fingerprint density at radius 3 is 2.21 bits per heavy atom. The molecule has 3 amide bonds. The fourth-order valence-electron chi connectivity index (χ4n) is 2.46. The maximum atomic E-state index is 12.5. The van der Waals surface area contributed by atoms with E-state index in [1.54, 1.807) is 13.1 Å². The number of nitrogens with two attached hydrogens (primary N) is 1. The van der Waals surface area contributed by atoms with Gasteiger partial charge in [-0.1, -0.05) is 20.3 Å². The summed E-state index contributed by atoms with van der Waals surface area (Å²) in [5, 5.41) is 16.4. The molecule has 11 heteroatoms. The summed E-state index contributed by atoms with van der Waals surface area (Å²) >= 11 is 0. The molecule has 162 valence electrons. The summed E-state index contributed by atoms with van der Waals surface area (Å²) in [5.41, 5.74) is 6.53. The number of rotatable bonds is 11. The fourth-order valence-corrected chi connectivity index (χ4v) is 2.46. The molecule has 0 radical (unpaired) electrons. The third-order valence-electron chi connectivity index (χ3n) is 4.61. The number of hydrogen-bond donors (Lipinski definition) is 6. The van der Waals surface area contributed by atoms with E-state index in [0.717, 1.165) is 0 Å². The summed E-state index contributed by atoms with van der Waals surface area (Å²) in [6, 6.07) is -3.85. The summed E-state index contributed by atoms with van der Waals surface area (Å²) in [5.74, 6) is -3.12. The van der Waals surface area contributed by atoms with Crippen LogP contribution in [0.1, 0.15) is 39.8 Å². The van der Waals surface area contributed by atoms with Crippen LogP contribution in [0, 0.1) is 5.92 Å². The first-order valence-electron chi connectivity index (χ1n) is 9.43. The number of nitrogens with zero attached hydrogens (tertiary/aromatic N) is 1. The number of amides is 3. The van der Waals surface area contributed by atoms with Gasteiger partial charge in [0.1, 0.15) is 18.1 Å². The Morgan fingerprint density at radius 1 is 1.07 bits per heavy atom. The van der Waals surface area contributed by atoms with Gasteiger partial charge in [0.25, 0.3) is 0 Å². The van der Waals surface area contributed by atoms with Crippen LogP contribution in [0.5, 0.6) is 0 Å². The Kier molecular flexibility index (Phi) is 9.26. The molecular formula is C18H30N6O5. The Morgan fingerprint density at radius 2 is 1.69 bits per heavy atom. The van der Waals surface area contributed by atoms with E-state index in [1.165, 1.54) is 20.2 Å². The summed E-state index contributed by atoms with van der Waals surface area (Å²) in [6.45, 7) is 6.41. The number of hydrogen-bond acceptors (Lipinski definition) is 6. The van der Waals surface area contributed by atoms with Gasteiger partial charge in [-0.05, 0) is 19.8 Å². The van der Waals surface area contributed by atoms with E-state index < -0.39 is 47.9 Å². The molecule has 29 heavy (non-hydrogen) atoms. The van der Waals surface area contributed by atoms with E-state index >= 15 is 0 Å². The zero-order chi connectivity index (χ0) is 22.1. The largest absolute Gasteiger partial charge is 0.480 e. The van der Waals surface area contributed by atoms with Gasteiger partial charge in [-0.25, -0.2) is 4.98 Å². The molecule has 1 aromatic heterocycles. The molecule has 5 unspecified atom stereocenters. The van der Waals surface area contributed by atoms with Crippen molar-refractivity contribution in [1.29, 1.82) is 0 Å².